The highest BCUT2D eigenvalue weighted by Gasteiger charge is 2.43. The Bertz CT molecular complexity index is 552. The van der Waals surface area contributed by atoms with Gasteiger partial charge in [0.1, 0.15) is 12.2 Å². The van der Waals surface area contributed by atoms with Gasteiger partial charge in [0.2, 0.25) is 0 Å². The van der Waals surface area contributed by atoms with E-state index in [2.05, 4.69) is 0 Å². The Balaban J connectivity index is 1.98. The van der Waals surface area contributed by atoms with E-state index < -0.39 is 11.6 Å². The van der Waals surface area contributed by atoms with E-state index in [1.54, 1.807) is 24.0 Å². The lowest BCUT2D eigenvalue weighted by molar-refractivity contribution is -0.159. The van der Waals surface area contributed by atoms with Crippen LogP contribution in [-0.4, -0.2) is 47.2 Å². The van der Waals surface area contributed by atoms with Gasteiger partial charge < -0.3 is 14.7 Å². The molecule has 1 amide bonds. The second-order valence-corrected chi connectivity index (χ2v) is 5.68. The molecule has 108 valence electrons. The minimum Gasteiger partial charge on any atom is -0.480 e. The SMILES string of the molecule is Cc1ccc(C(=O)N2CC(C)(OCC(=O)O)C2)c(Cl)c1. The monoisotopic (exact) mass is 297 g/mol. The summed E-state index contributed by atoms with van der Waals surface area (Å²) in [5, 5.41) is 9.01. The highest BCUT2D eigenvalue weighted by Crippen LogP contribution is 2.28. The number of ether oxygens (including phenoxy) is 1. The maximum Gasteiger partial charge on any atom is 0.329 e. The Kier molecular flexibility index (Phi) is 4.01. The number of carbonyl (C=O) groups is 2. The van der Waals surface area contributed by atoms with Crippen LogP contribution in [0.3, 0.4) is 0 Å². The normalized spacial score (nSPS) is 16.6. The molecule has 0 aromatic heterocycles. The molecule has 1 aromatic rings. The molecule has 1 saturated heterocycles. The number of likely N-dealkylation sites (tertiary alicyclic amines) is 1. The minimum atomic E-state index is -1.02. The van der Waals surface area contributed by atoms with Crippen LogP contribution in [-0.2, 0) is 9.53 Å². The van der Waals surface area contributed by atoms with Gasteiger partial charge in [0.05, 0.1) is 23.7 Å². The number of hydrogen-bond donors (Lipinski definition) is 1. The van der Waals surface area contributed by atoms with Crippen LogP contribution < -0.4 is 0 Å². The van der Waals surface area contributed by atoms with Gasteiger partial charge in [0.25, 0.3) is 5.91 Å². The van der Waals surface area contributed by atoms with Crippen molar-refractivity contribution in [2.24, 2.45) is 0 Å². The van der Waals surface area contributed by atoms with Crippen molar-refractivity contribution in [1.29, 1.82) is 0 Å². The molecule has 0 saturated carbocycles. The van der Waals surface area contributed by atoms with Crippen molar-refractivity contribution >= 4 is 23.5 Å². The molecule has 0 aliphatic carbocycles. The number of amides is 1. The smallest absolute Gasteiger partial charge is 0.329 e. The minimum absolute atomic E-state index is 0.161. The number of aliphatic carboxylic acids is 1. The van der Waals surface area contributed by atoms with Gasteiger partial charge in [0, 0.05) is 0 Å². The summed E-state index contributed by atoms with van der Waals surface area (Å²) in [6, 6.07) is 5.28. The largest absolute Gasteiger partial charge is 0.480 e. The maximum absolute atomic E-state index is 12.3. The summed E-state index contributed by atoms with van der Waals surface area (Å²) in [6.45, 7) is 4.06. The van der Waals surface area contributed by atoms with Gasteiger partial charge in [-0.05, 0) is 31.5 Å². The average Bonchev–Trinajstić information content (AvgIpc) is 2.32. The Morgan fingerprint density at radius 1 is 1.45 bits per heavy atom. The van der Waals surface area contributed by atoms with Gasteiger partial charge in [-0.25, -0.2) is 4.79 Å². The number of benzene rings is 1. The molecule has 0 unspecified atom stereocenters. The van der Waals surface area contributed by atoms with Crippen molar-refractivity contribution in [2.75, 3.05) is 19.7 Å². The molecular weight excluding hydrogens is 282 g/mol. The highest BCUT2D eigenvalue weighted by molar-refractivity contribution is 6.33. The lowest BCUT2D eigenvalue weighted by Crippen LogP contribution is -2.63. The molecule has 0 spiro atoms. The fraction of sp³-hybridized carbons (Fsp3) is 0.429. The van der Waals surface area contributed by atoms with E-state index in [0.717, 1.165) is 5.56 Å². The molecule has 2 rings (SSSR count). The predicted molar refractivity (Wildman–Crippen MR) is 74.1 cm³/mol. The van der Waals surface area contributed by atoms with Crippen molar-refractivity contribution in [1.82, 2.24) is 4.90 Å². The fourth-order valence-electron chi connectivity index (χ4n) is 2.20. The van der Waals surface area contributed by atoms with Crippen LogP contribution in [0, 0.1) is 6.92 Å². The molecule has 0 bridgehead atoms. The zero-order chi connectivity index (χ0) is 14.9. The van der Waals surface area contributed by atoms with E-state index in [0.29, 0.717) is 23.7 Å². The molecule has 1 aliphatic heterocycles. The van der Waals surface area contributed by atoms with Gasteiger partial charge in [-0.1, -0.05) is 17.7 Å². The Morgan fingerprint density at radius 3 is 2.65 bits per heavy atom. The second-order valence-electron chi connectivity index (χ2n) is 5.28. The number of carbonyl (C=O) groups excluding carboxylic acids is 1. The van der Waals surface area contributed by atoms with Crippen LogP contribution in [0.1, 0.15) is 22.8 Å². The molecule has 0 radical (unpaired) electrons. The maximum atomic E-state index is 12.3. The molecule has 1 N–H and O–H groups in total. The standard InChI is InChI=1S/C14H16ClNO4/c1-9-3-4-10(11(15)5-9)13(19)16-7-14(2,8-16)20-6-12(17)18/h3-5H,6-8H2,1-2H3,(H,17,18). The Morgan fingerprint density at radius 2 is 2.10 bits per heavy atom. The molecule has 5 nitrogen and oxygen atoms in total. The zero-order valence-electron chi connectivity index (χ0n) is 11.4. The molecule has 1 aromatic carbocycles. The summed E-state index contributed by atoms with van der Waals surface area (Å²) in [5.41, 5.74) is 0.855. The van der Waals surface area contributed by atoms with Crippen LogP contribution in [0.15, 0.2) is 18.2 Å². The van der Waals surface area contributed by atoms with Gasteiger partial charge in [-0.3, -0.25) is 4.79 Å². The summed E-state index contributed by atoms with van der Waals surface area (Å²) in [7, 11) is 0. The molecule has 6 heteroatoms. The number of rotatable bonds is 4. The summed E-state index contributed by atoms with van der Waals surface area (Å²) in [6.07, 6.45) is 0. The molecule has 1 fully saturated rings. The average molecular weight is 298 g/mol. The Hall–Kier alpha value is -1.59. The first kappa shape index (κ1) is 14.8. The molecular formula is C14H16ClNO4. The van der Waals surface area contributed by atoms with Crippen molar-refractivity contribution < 1.29 is 19.4 Å². The third-order valence-electron chi connectivity index (χ3n) is 3.24. The van der Waals surface area contributed by atoms with Crippen LogP contribution >= 0.6 is 11.6 Å². The van der Waals surface area contributed by atoms with E-state index >= 15 is 0 Å². The highest BCUT2D eigenvalue weighted by atomic mass is 35.5. The predicted octanol–water partition coefficient (Wildman–Crippen LogP) is 1.96. The number of carboxylic acids is 1. The summed E-state index contributed by atoms with van der Waals surface area (Å²) in [5.74, 6) is -1.18. The van der Waals surface area contributed by atoms with E-state index in [4.69, 9.17) is 21.4 Å². The third kappa shape index (κ3) is 3.11. The van der Waals surface area contributed by atoms with Crippen molar-refractivity contribution in [2.45, 2.75) is 19.4 Å². The topological polar surface area (TPSA) is 66.8 Å². The van der Waals surface area contributed by atoms with Crippen LogP contribution in [0.5, 0.6) is 0 Å². The van der Waals surface area contributed by atoms with Gasteiger partial charge in [-0.2, -0.15) is 0 Å². The van der Waals surface area contributed by atoms with E-state index in [1.807, 2.05) is 13.0 Å². The van der Waals surface area contributed by atoms with E-state index in [9.17, 15) is 9.59 Å². The van der Waals surface area contributed by atoms with Crippen LogP contribution in [0.4, 0.5) is 0 Å². The lowest BCUT2D eigenvalue weighted by atomic mass is 9.95. The summed E-state index contributed by atoms with van der Waals surface area (Å²) >= 11 is 6.07. The number of carboxylic acid groups (broad SMARTS) is 1. The van der Waals surface area contributed by atoms with Gasteiger partial charge >= 0.3 is 5.97 Å². The Labute approximate surface area is 122 Å². The number of nitrogens with zero attached hydrogens (tertiary/aromatic N) is 1. The molecule has 20 heavy (non-hydrogen) atoms. The lowest BCUT2D eigenvalue weighted by Gasteiger charge is -2.47. The van der Waals surface area contributed by atoms with Gasteiger partial charge in [-0.15, -0.1) is 0 Å². The van der Waals surface area contributed by atoms with Crippen molar-refractivity contribution in [3.05, 3.63) is 34.3 Å². The van der Waals surface area contributed by atoms with Crippen LogP contribution in [0.25, 0.3) is 0 Å². The fourth-order valence-corrected chi connectivity index (χ4v) is 2.51. The molecule has 0 atom stereocenters. The van der Waals surface area contributed by atoms with Crippen LogP contribution in [0.2, 0.25) is 5.02 Å². The first-order valence-electron chi connectivity index (χ1n) is 6.22. The van der Waals surface area contributed by atoms with Crippen molar-refractivity contribution in [3.63, 3.8) is 0 Å². The molecule has 1 aliphatic rings. The van der Waals surface area contributed by atoms with E-state index in [1.165, 1.54) is 0 Å². The zero-order valence-corrected chi connectivity index (χ0v) is 12.1. The number of halogens is 1. The number of hydrogen-bond acceptors (Lipinski definition) is 3. The summed E-state index contributed by atoms with van der Waals surface area (Å²) < 4.78 is 5.27. The first-order chi connectivity index (χ1) is 9.31. The number of aryl methyl sites for hydroxylation is 1. The second kappa shape index (κ2) is 5.42. The van der Waals surface area contributed by atoms with Crippen molar-refractivity contribution in [3.8, 4) is 0 Å². The first-order valence-corrected chi connectivity index (χ1v) is 6.60. The summed E-state index contributed by atoms with van der Waals surface area (Å²) in [4.78, 5) is 24.3. The van der Waals surface area contributed by atoms with E-state index in [-0.39, 0.29) is 12.5 Å². The quantitative estimate of drug-likeness (QED) is 0.922. The van der Waals surface area contributed by atoms with Gasteiger partial charge in [0.15, 0.2) is 0 Å². The third-order valence-corrected chi connectivity index (χ3v) is 3.55. The molecule has 1 heterocycles.